The quantitative estimate of drug-likeness (QED) is 0.378. The van der Waals surface area contributed by atoms with Gasteiger partial charge < -0.3 is 4.57 Å². The second-order valence-corrected chi connectivity index (χ2v) is 7.97. The van der Waals surface area contributed by atoms with Gasteiger partial charge in [0.15, 0.2) is 7.85 Å². The third kappa shape index (κ3) is 3.09. The van der Waals surface area contributed by atoms with Gasteiger partial charge in [-0.15, -0.1) is 0 Å². The molecule has 4 aromatic carbocycles. The van der Waals surface area contributed by atoms with E-state index in [2.05, 4.69) is 101 Å². The van der Waals surface area contributed by atoms with Crippen LogP contribution in [0.2, 0.25) is 0 Å². The third-order valence-corrected chi connectivity index (χ3v) is 5.91. The SMILES string of the molecule is Bc1nc(-c2ccccc2)cc(-c2ccc(-n3c4ccccc4c4ccccc43)cc2)n1. The fraction of sp³-hybridized carbons (Fsp3) is 0. The number of fused-ring (bicyclic) bond motifs is 3. The molecule has 2 heterocycles. The van der Waals surface area contributed by atoms with Crippen molar-refractivity contribution >= 4 is 35.4 Å². The van der Waals surface area contributed by atoms with Gasteiger partial charge in [-0.3, -0.25) is 0 Å². The molecule has 0 unspecified atom stereocenters. The van der Waals surface area contributed by atoms with Gasteiger partial charge in [-0.1, -0.05) is 78.9 Å². The molecule has 0 atom stereocenters. The van der Waals surface area contributed by atoms with Gasteiger partial charge in [0.05, 0.1) is 28.1 Å². The first-order chi connectivity index (χ1) is 15.8. The molecule has 0 aliphatic rings. The molecule has 2 aromatic heterocycles. The van der Waals surface area contributed by atoms with Crippen LogP contribution in [0, 0.1) is 0 Å². The first-order valence-electron chi connectivity index (χ1n) is 10.8. The lowest BCUT2D eigenvalue weighted by atomic mass is 10.0. The van der Waals surface area contributed by atoms with Crippen molar-refractivity contribution in [3.63, 3.8) is 0 Å². The average Bonchev–Trinajstić information content (AvgIpc) is 3.19. The van der Waals surface area contributed by atoms with E-state index in [-0.39, 0.29) is 0 Å². The number of para-hydroxylation sites is 2. The van der Waals surface area contributed by atoms with E-state index >= 15 is 0 Å². The molecular weight excluding hydrogens is 389 g/mol. The van der Waals surface area contributed by atoms with Crippen LogP contribution in [0.3, 0.4) is 0 Å². The molecule has 0 spiro atoms. The van der Waals surface area contributed by atoms with Crippen molar-refractivity contribution in [2.45, 2.75) is 0 Å². The Morgan fingerprint density at radius 3 is 1.62 bits per heavy atom. The van der Waals surface area contributed by atoms with Crippen LogP contribution in [0.4, 0.5) is 0 Å². The van der Waals surface area contributed by atoms with E-state index in [4.69, 9.17) is 4.98 Å². The normalized spacial score (nSPS) is 11.2. The van der Waals surface area contributed by atoms with Crippen LogP contribution in [-0.2, 0) is 0 Å². The van der Waals surface area contributed by atoms with Gasteiger partial charge in [0.25, 0.3) is 0 Å². The summed E-state index contributed by atoms with van der Waals surface area (Å²) in [4.78, 5) is 9.34. The van der Waals surface area contributed by atoms with Gasteiger partial charge in [0.2, 0.25) is 0 Å². The Morgan fingerprint density at radius 1 is 0.531 bits per heavy atom. The Kier molecular flexibility index (Phi) is 4.36. The molecular formula is C28H20BN3. The number of aromatic nitrogens is 3. The van der Waals surface area contributed by atoms with Gasteiger partial charge in [-0.2, -0.15) is 0 Å². The van der Waals surface area contributed by atoms with E-state index in [0.717, 1.165) is 33.9 Å². The predicted octanol–water partition coefficient (Wildman–Crippen LogP) is 5.17. The minimum atomic E-state index is 0.771. The minimum Gasteiger partial charge on any atom is -0.309 e. The van der Waals surface area contributed by atoms with Crippen molar-refractivity contribution in [1.82, 2.24) is 14.5 Å². The Labute approximate surface area is 187 Å². The highest BCUT2D eigenvalue weighted by Gasteiger charge is 2.12. The van der Waals surface area contributed by atoms with Crippen molar-refractivity contribution in [1.29, 1.82) is 0 Å². The lowest BCUT2D eigenvalue weighted by Gasteiger charge is -2.10. The smallest absolute Gasteiger partial charge is 0.189 e. The highest BCUT2D eigenvalue weighted by Crippen LogP contribution is 2.32. The van der Waals surface area contributed by atoms with Crippen LogP contribution < -0.4 is 5.72 Å². The molecule has 0 fully saturated rings. The van der Waals surface area contributed by atoms with Gasteiger partial charge in [0.1, 0.15) is 0 Å². The summed E-state index contributed by atoms with van der Waals surface area (Å²) in [6, 6.07) is 38.1. The van der Waals surface area contributed by atoms with Crippen molar-refractivity contribution in [2.24, 2.45) is 0 Å². The highest BCUT2D eigenvalue weighted by molar-refractivity contribution is 6.29. The maximum Gasteiger partial charge on any atom is 0.189 e. The van der Waals surface area contributed by atoms with E-state index in [1.54, 1.807) is 0 Å². The maximum atomic E-state index is 4.70. The van der Waals surface area contributed by atoms with Crippen LogP contribution in [-0.4, -0.2) is 22.4 Å². The van der Waals surface area contributed by atoms with E-state index in [1.807, 2.05) is 26.0 Å². The summed E-state index contributed by atoms with van der Waals surface area (Å²) in [6.45, 7) is 0. The Bertz CT molecular complexity index is 1510. The molecule has 32 heavy (non-hydrogen) atoms. The summed E-state index contributed by atoms with van der Waals surface area (Å²) in [6.07, 6.45) is 0. The highest BCUT2D eigenvalue weighted by atomic mass is 15.0. The van der Waals surface area contributed by atoms with E-state index in [9.17, 15) is 0 Å². The molecule has 0 amide bonds. The van der Waals surface area contributed by atoms with Crippen LogP contribution in [0.5, 0.6) is 0 Å². The van der Waals surface area contributed by atoms with Gasteiger partial charge in [0, 0.05) is 27.6 Å². The molecule has 150 valence electrons. The summed E-state index contributed by atoms with van der Waals surface area (Å²) < 4.78 is 2.33. The zero-order chi connectivity index (χ0) is 21.5. The molecule has 0 saturated heterocycles. The fourth-order valence-electron chi connectivity index (χ4n) is 4.45. The molecule has 6 aromatic rings. The minimum absolute atomic E-state index is 0.771. The van der Waals surface area contributed by atoms with E-state index in [0.29, 0.717) is 0 Å². The monoisotopic (exact) mass is 409 g/mol. The summed E-state index contributed by atoms with van der Waals surface area (Å²) in [5.74, 6) is 0. The molecule has 0 aliphatic heterocycles. The van der Waals surface area contributed by atoms with Crippen molar-refractivity contribution in [3.8, 4) is 28.2 Å². The molecule has 0 aliphatic carbocycles. The number of rotatable bonds is 3. The molecule has 0 N–H and O–H groups in total. The number of benzene rings is 4. The Balaban J connectivity index is 1.46. The first kappa shape index (κ1) is 18.6. The molecule has 6 rings (SSSR count). The van der Waals surface area contributed by atoms with Crippen LogP contribution >= 0.6 is 0 Å². The third-order valence-electron chi connectivity index (χ3n) is 5.91. The Morgan fingerprint density at radius 2 is 1.03 bits per heavy atom. The van der Waals surface area contributed by atoms with Crippen molar-refractivity contribution in [2.75, 3.05) is 0 Å². The number of hydrogen-bond acceptors (Lipinski definition) is 2. The number of nitrogens with zero attached hydrogens (tertiary/aromatic N) is 3. The Hall–Kier alpha value is -4.18. The summed E-state index contributed by atoms with van der Waals surface area (Å²) in [5.41, 5.74) is 8.40. The zero-order valence-electron chi connectivity index (χ0n) is 17.7. The second-order valence-electron chi connectivity index (χ2n) is 7.97. The maximum absolute atomic E-state index is 4.70. The standard InChI is InChI=1S/C28H20BN3/c29-28-30-24(19-8-2-1-3-9-19)18-25(31-28)20-14-16-21(17-15-20)32-26-12-6-4-10-22(26)23-11-5-7-13-27(23)32/h1-18H,29H2. The zero-order valence-corrected chi connectivity index (χ0v) is 17.7. The summed E-state index contributed by atoms with van der Waals surface area (Å²) >= 11 is 0. The van der Waals surface area contributed by atoms with Crippen LogP contribution in [0.1, 0.15) is 0 Å². The fourth-order valence-corrected chi connectivity index (χ4v) is 4.45. The average molecular weight is 409 g/mol. The van der Waals surface area contributed by atoms with Crippen molar-refractivity contribution < 1.29 is 0 Å². The van der Waals surface area contributed by atoms with Gasteiger partial charge in [-0.05, 0) is 30.3 Å². The predicted molar refractivity (Wildman–Crippen MR) is 135 cm³/mol. The lowest BCUT2D eigenvalue weighted by Crippen LogP contribution is -2.14. The molecule has 0 radical (unpaired) electrons. The molecule has 3 nitrogen and oxygen atoms in total. The van der Waals surface area contributed by atoms with Crippen LogP contribution in [0.15, 0.2) is 109 Å². The molecule has 0 saturated carbocycles. The second kappa shape index (κ2) is 7.50. The summed E-state index contributed by atoms with van der Waals surface area (Å²) in [7, 11) is 1.95. The summed E-state index contributed by atoms with van der Waals surface area (Å²) in [5, 5.41) is 2.54. The van der Waals surface area contributed by atoms with Gasteiger partial charge in [-0.25, -0.2) is 9.97 Å². The van der Waals surface area contributed by atoms with E-state index < -0.39 is 0 Å². The molecule has 4 heteroatoms. The topological polar surface area (TPSA) is 30.7 Å². The first-order valence-corrected chi connectivity index (χ1v) is 10.8. The van der Waals surface area contributed by atoms with Gasteiger partial charge >= 0.3 is 0 Å². The molecule has 0 bridgehead atoms. The van der Waals surface area contributed by atoms with Crippen molar-refractivity contribution in [3.05, 3.63) is 109 Å². The largest absolute Gasteiger partial charge is 0.309 e. The lowest BCUT2D eigenvalue weighted by molar-refractivity contribution is 1.18. The van der Waals surface area contributed by atoms with E-state index in [1.165, 1.54) is 21.8 Å². The number of hydrogen-bond donors (Lipinski definition) is 0. The van der Waals surface area contributed by atoms with Crippen LogP contribution in [0.25, 0.3) is 50.0 Å².